The van der Waals surface area contributed by atoms with E-state index in [9.17, 15) is 13.2 Å². The van der Waals surface area contributed by atoms with Gasteiger partial charge in [0, 0.05) is 25.2 Å². The molecule has 0 saturated carbocycles. The highest BCUT2D eigenvalue weighted by molar-refractivity contribution is 7.92. The van der Waals surface area contributed by atoms with Crippen LogP contribution >= 0.6 is 0 Å². The number of nitrogens with zero attached hydrogens (tertiary/aromatic N) is 1. The van der Waals surface area contributed by atoms with Gasteiger partial charge in [-0.15, -0.1) is 0 Å². The molecule has 1 atom stereocenters. The number of hydrogen-bond acceptors (Lipinski definition) is 4. The summed E-state index contributed by atoms with van der Waals surface area (Å²) < 4.78 is 31.9. The van der Waals surface area contributed by atoms with Crippen LogP contribution < -0.4 is 9.62 Å². The number of hydrogen-bond donors (Lipinski definition) is 1. The van der Waals surface area contributed by atoms with Crippen molar-refractivity contribution >= 4 is 21.6 Å². The molecular formula is C23H30N2O4S. The number of ether oxygens (including phenoxy) is 1. The lowest BCUT2D eigenvalue weighted by Crippen LogP contribution is -2.52. The van der Waals surface area contributed by atoms with Crippen LogP contribution in [0.2, 0.25) is 0 Å². The number of benzene rings is 2. The van der Waals surface area contributed by atoms with Crippen LogP contribution in [0.4, 0.5) is 5.69 Å². The van der Waals surface area contributed by atoms with Crippen molar-refractivity contribution in [2.75, 3.05) is 30.3 Å². The van der Waals surface area contributed by atoms with E-state index in [1.165, 1.54) is 9.87 Å². The Morgan fingerprint density at radius 2 is 1.63 bits per heavy atom. The summed E-state index contributed by atoms with van der Waals surface area (Å²) in [7, 11) is -3.63. The van der Waals surface area contributed by atoms with Crippen LogP contribution in [0.1, 0.15) is 31.7 Å². The highest BCUT2D eigenvalue weighted by Gasteiger charge is 2.37. The maximum absolute atomic E-state index is 13.2. The molecule has 0 radical (unpaired) electrons. The molecule has 0 aliphatic carbocycles. The molecule has 0 spiro atoms. The van der Waals surface area contributed by atoms with Crippen LogP contribution in [0.15, 0.2) is 60.7 Å². The van der Waals surface area contributed by atoms with E-state index in [0.717, 1.165) is 19.1 Å². The minimum Gasteiger partial charge on any atom is -0.381 e. The minimum atomic E-state index is -3.63. The topological polar surface area (TPSA) is 75.7 Å². The van der Waals surface area contributed by atoms with Gasteiger partial charge in [0.2, 0.25) is 15.9 Å². The molecule has 6 nitrogen and oxygen atoms in total. The third-order valence-corrected chi connectivity index (χ3v) is 6.96. The van der Waals surface area contributed by atoms with Gasteiger partial charge in [0.25, 0.3) is 0 Å². The monoisotopic (exact) mass is 430 g/mol. The lowest BCUT2D eigenvalue weighted by Gasteiger charge is -2.39. The van der Waals surface area contributed by atoms with Gasteiger partial charge in [0.15, 0.2) is 0 Å². The second-order valence-corrected chi connectivity index (χ2v) is 9.65. The van der Waals surface area contributed by atoms with Crippen LogP contribution in [-0.4, -0.2) is 46.4 Å². The largest absolute Gasteiger partial charge is 0.381 e. The molecule has 0 bridgehead atoms. The maximum Gasteiger partial charge on any atom is 0.243 e. The highest BCUT2D eigenvalue weighted by atomic mass is 32.2. The first kappa shape index (κ1) is 22.3. The molecule has 1 aliphatic rings. The van der Waals surface area contributed by atoms with Gasteiger partial charge in [-0.1, -0.05) is 55.5 Å². The van der Waals surface area contributed by atoms with Gasteiger partial charge in [0.05, 0.1) is 11.9 Å². The fourth-order valence-electron chi connectivity index (χ4n) is 4.13. The normalized spacial score (nSPS) is 17.1. The van der Waals surface area contributed by atoms with Crippen molar-refractivity contribution in [3.05, 3.63) is 66.2 Å². The van der Waals surface area contributed by atoms with E-state index in [1.54, 1.807) is 24.3 Å². The molecule has 0 unspecified atom stereocenters. The van der Waals surface area contributed by atoms with E-state index in [1.807, 2.05) is 31.2 Å². The number of carbonyl (C=O) groups excluding carboxylic acids is 1. The SMILES string of the molecule is CC[C@@H](C(=O)NCC1(c2ccccc2)CCOCC1)N(c1ccccc1)S(C)(=O)=O. The first-order valence-electron chi connectivity index (χ1n) is 10.3. The first-order chi connectivity index (χ1) is 14.4. The number of anilines is 1. The second-order valence-electron chi connectivity index (χ2n) is 7.79. The zero-order valence-corrected chi connectivity index (χ0v) is 18.4. The zero-order valence-electron chi connectivity index (χ0n) is 17.6. The summed E-state index contributed by atoms with van der Waals surface area (Å²) in [6, 6.07) is 18.1. The van der Waals surface area contributed by atoms with Crippen molar-refractivity contribution < 1.29 is 17.9 Å². The second kappa shape index (κ2) is 9.62. The number of rotatable bonds is 8. The maximum atomic E-state index is 13.2. The van der Waals surface area contributed by atoms with Crippen LogP contribution in [0, 0.1) is 0 Å². The van der Waals surface area contributed by atoms with Crippen molar-refractivity contribution in [2.24, 2.45) is 0 Å². The summed E-state index contributed by atoms with van der Waals surface area (Å²) in [4.78, 5) is 13.2. The summed E-state index contributed by atoms with van der Waals surface area (Å²) in [6.07, 6.45) is 3.13. The van der Waals surface area contributed by atoms with Crippen LogP contribution in [0.25, 0.3) is 0 Å². The Morgan fingerprint density at radius 3 is 2.17 bits per heavy atom. The Bertz CT molecular complexity index is 926. The molecule has 7 heteroatoms. The number of sulfonamides is 1. The first-order valence-corrected chi connectivity index (χ1v) is 12.2. The van der Waals surface area contributed by atoms with E-state index in [4.69, 9.17) is 4.74 Å². The fourth-order valence-corrected chi connectivity index (χ4v) is 5.34. The van der Waals surface area contributed by atoms with E-state index in [-0.39, 0.29) is 11.3 Å². The summed E-state index contributed by atoms with van der Waals surface area (Å²) >= 11 is 0. The lowest BCUT2D eigenvalue weighted by molar-refractivity contribution is -0.122. The molecule has 2 aromatic carbocycles. The molecule has 30 heavy (non-hydrogen) atoms. The van der Waals surface area contributed by atoms with Gasteiger partial charge in [-0.3, -0.25) is 9.10 Å². The Hall–Kier alpha value is -2.38. The van der Waals surface area contributed by atoms with Gasteiger partial charge >= 0.3 is 0 Å². The fraction of sp³-hybridized carbons (Fsp3) is 0.435. The summed E-state index contributed by atoms with van der Waals surface area (Å²) in [5, 5.41) is 3.06. The van der Waals surface area contributed by atoms with Crippen molar-refractivity contribution in [3.8, 4) is 0 Å². The van der Waals surface area contributed by atoms with E-state index in [2.05, 4.69) is 17.4 Å². The molecule has 1 amide bonds. The predicted octanol–water partition coefficient (Wildman–Crippen LogP) is 3.10. The molecule has 1 aliphatic heterocycles. The minimum absolute atomic E-state index is 0.212. The summed E-state index contributed by atoms with van der Waals surface area (Å²) in [5.74, 6) is -0.284. The third-order valence-electron chi connectivity index (χ3n) is 5.78. The van der Waals surface area contributed by atoms with Crippen molar-refractivity contribution in [2.45, 2.75) is 37.6 Å². The van der Waals surface area contributed by atoms with Gasteiger partial charge in [0.1, 0.15) is 6.04 Å². The van der Waals surface area contributed by atoms with Crippen LogP contribution in [0.3, 0.4) is 0 Å². The molecule has 1 saturated heterocycles. The van der Waals surface area contributed by atoms with Crippen molar-refractivity contribution in [3.63, 3.8) is 0 Å². The van der Waals surface area contributed by atoms with Gasteiger partial charge in [-0.25, -0.2) is 8.42 Å². The van der Waals surface area contributed by atoms with Gasteiger partial charge in [-0.05, 0) is 37.0 Å². The average molecular weight is 431 g/mol. The Balaban J connectivity index is 1.83. The number of para-hydroxylation sites is 1. The molecule has 0 aromatic heterocycles. The van der Waals surface area contributed by atoms with Crippen molar-refractivity contribution in [1.29, 1.82) is 0 Å². The molecule has 2 aromatic rings. The lowest BCUT2D eigenvalue weighted by atomic mass is 9.74. The average Bonchev–Trinajstić information content (AvgIpc) is 2.76. The Kier molecular flexibility index (Phi) is 7.15. The molecule has 1 heterocycles. The molecular weight excluding hydrogens is 400 g/mol. The van der Waals surface area contributed by atoms with Crippen LogP contribution in [0.5, 0.6) is 0 Å². The number of nitrogens with one attached hydrogen (secondary N) is 1. The standard InChI is InChI=1S/C23H30N2O4S/c1-3-21(25(30(2,27)28)20-12-8-5-9-13-20)22(26)24-18-23(14-16-29-17-15-23)19-10-6-4-7-11-19/h4-13,21H,3,14-18H2,1-2H3,(H,24,26)/t21-/m0/s1. The molecule has 1 N–H and O–H groups in total. The number of carbonyl (C=O) groups is 1. The zero-order chi connectivity index (χ0) is 21.6. The summed E-state index contributed by atoms with van der Waals surface area (Å²) in [6.45, 7) is 3.55. The quantitative estimate of drug-likeness (QED) is 0.698. The smallest absolute Gasteiger partial charge is 0.243 e. The molecule has 3 rings (SSSR count). The van der Waals surface area contributed by atoms with E-state index >= 15 is 0 Å². The van der Waals surface area contributed by atoms with E-state index < -0.39 is 16.1 Å². The summed E-state index contributed by atoms with van der Waals surface area (Å²) in [5.41, 5.74) is 1.45. The van der Waals surface area contributed by atoms with Gasteiger partial charge < -0.3 is 10.1 Å². The molecule has 162 valence electrons. The third kappa shape index (κ3) is 5.02. The van der Waals surface area contributed by atoms with E-state index in [0.29, 0.717) is 31.9 Å². The van der Waals surface area contributed by atoms with Crippen LogP contribution in [-0.2, 0) is 25.0 Å². The Labute approximate surface area is 179 Å². The van der Waals surface area contributed by atoms with Crippen molar-refractivity contribution in [1.82, 2.24) is 5.32 Å². The highest BCUT2D eigenvalue weighted by Crippen LogP contribution is 2.34. The predicted molar refractivity (Wildman–Crippen MR) is 119 cm³/mol. The van der Waals surface area contributed by atoms with Gasteiger partial charge in [-0.2, -0.15) is 0 Å². The molecule has 1 fully saturated rings. The number of amides is 1. The Morgan fingerprint density at radius 1 is 1.07 bits per heavy atom.